The lowest BCUT2D eigenvalue weighted by Crippen LogP contribution is -2.27. The van der Waals surface area contributed by atoms with E-state index in [1.165, 1.54) is 0 Å². The molecule has 2 rings (SSSR count). The van der Waals surface area contributed by atoms with Gasteiger partial charge >= 0.3 is 12.4 Å². The first kappa shape index (κ1) is 21.1. The number of hydrogen-bond donors (Lipinski definition) is 1. The first-order chi connectivity index (χ1) is 12.4. The number of nitrogens with one attached hydrogen (secondary N) is 1. The molecule has 0 aliphatic carbocycles. The molecule has 0 aliphatic heterocycles. The Morgan fingerprint density at radius 1 is 1.07 bits per heavy atom. The number of hydrogen-bond acceptors (Lipinski definition) is 3. The van der Waals surface area contributed by atoms with Gasteiger partial charge in [-0.2, -0.15) is 26.3 Å². The number of nitrogens with zero attached hydrogens (tertiary/aromatic N) is 2. The van der Waals surface area contributed by atoms with Crippen LogP contribution < -0.4 is 10.9 Å². The van der Waals surface area contributed by atoms with Crippen LogP contribution in [0.15, 0.2) is 29.1 Å². The molecule has 148 valence electrons. The van der Waals surface area contributed by atoms with Crippen molar-refractivity contribution in [1.29, 1.82) is 0 Å². The van der Waals surface area contributed by atoms with Gasteiger partial charge in [-0.25, -0.2) is 4.98 Å². The van der Waals surface area contributed by atoms with Crippen LogP contribution in [-0.2, 0) is 18.9 Å². The Hall–Kier alpha value is -2.23. The number of anilines is 2. The third-order valence-corrected chi connectivity index (χ3v) is 3.73. The van der Waals surface area contributed by atoms with E-state index in [1.54, 1.807) is 0 Å². The summed E-state index contributed by atoms with van der Waals surface area (Å²) < 4.78 is 78.5. The molecule has 1 heterocycles. The lowest BCUT2D eigenvalue weighted by Gasteiger charge is -2.17. The zero-order chi connectivity index (χ0) is 20.4. The Morgan fingerprint density at radius 3 is 2.30 bits per heavy atom. The minimum atomic E-state index is -4.88. The molecule has 1 aromatic carbocycles. The largest absolute Gasteiger partial charge is 0.433 e. The molecule has 0 radical (unpaired) electrons. The standard InChI is InChI=1S/C16H14ClF6N3O/c1-2-3-4-26-13(27)8-12(16(21,22)23)25-14(26)24-11-6-9(15(18,19)20)5-10(17)7-11/h5-8H,2-4H2,1H3,(H,24,25). The van der Waals surface area contributed by atoms with Crippen molar-refractivity contribution in [3.8, 4) is 0 Å². The van der Waals surface area contributed by atoms with Crippen LogP contribution in [0.2, 0.25) is 5.02 Å². The predicted octanol–water partition coefficient (Wildman–Crippen LogP) is 5.48. The molecule has 0 fully saturated rings. The average Bonchev–Trinajstić information content (AvgIpc) is 2.51. The molecule has 0 bridgehead atoms. The fraction of sp³-hybridized carbons (Fsp3) is 0.375. The zero-order valence-electron chi connectivity index (χ0n) is 13.9. The highest BCUT2D eigenvalue weighted by Gasteiger charge is 2.34. The molecule has 27 heavy (non-hydrogen) atoms. The molecule has 0 saturated carbocycles. The van der Waals surface area contributed by atoms with Gasteiger partial charge in [0.05, 0.1) is 5.56 Å². The van der Waals surface area contributed by atoms with E-state index in [4.69, 9.17) is 11.6 Å². The number of unbranched alkanes of at least 4 members (excludes halogenated alkanes) is 1. The molecule has 0 unspecified atom stereocenters. The van der Waals surface area contributed by atoms with Gasteiger partial charge in [-0.3, -0.25) is 9.36 Å². The Bertz CT molecular complexity index is 876. The van der Waals surface area contributed by atoms with E-state index in [0.29, 0.717) is 31.0 Å². The van der Waals surface area contributed by atoms with Crippen molar-refractivity contribution in [2.75, 3.05) is 5.32 Å². The van der Waals surface area contributed by atoms with Gasteiger partial charge in [0.15, 0.2) is 5.69 Å². The number of rotatable bonds is 5. The summed E-state index contributed by atoms with van der Waals surface area (Å²) in [7, 11) is 0. The average molecular weight is 414 g/mol. The maximum absolute atomic E-state index is 12.9. The van der Waals surface area contributed by atoms with Crippen molar-refractivity contribution in [2.45, 2.75) is 38.7 Å². The Balaban J connectivity index is 2.55. The van der Waals surface area contributed by atoms with Gasteiger partial charge in [0.25, 0.3) is 5.56 Å². The molecular formula is C16H14ClF6N3O. The molecule has 1 aromatic heterocycles. The van der Waals surface area contributed by atoms with Gasteiger partial charge in [-0.1, -0.05) is 24.9 Å². The van der Waals surface area contributed by atoms with Crippen LogP contribution in [0.1, 0.15) is 31.0 Å². The van der Waals surface area contributed by atoms with Gasteiger partial charge in [-0.15, -0.1) is 0 Å². The molecule has 0 spiro atoms. The number of aromatic nitrogens is 2. The number of halogens is 7. The van der Waals surface area contributed by atoms with Crippen LogP contribution in [0.4, 0.5) is 38.0 Å². The summed E-state index contributed by atoms with van der Waals surface area (Å²) in [6, 6.07) is 2.78. The summed E-state index contributed by atoms with van der Waals surface area (Å²) >= 11 is 5.67. The fourth-order valence-corrected chi connectivity index (χ4v) is 2.47. The van der Waals surface area contributed by atoms with E-state index in [2.05, 4.69) is 10.3 Å². The Kier molecular flexibility index (Phi) is 6.08. The highest BCUT2D eigenvalue weighted by atomic mass is 35.5. The molecule has 1 N–H and O–H groups in total. The van der Waals surface area contributed by atoms with Crippen LogP contribution in [0.3, 0.4) is 0 Å². The first-order valence-corrected chi connectivity index (χ1v) is 8.13. The topological polar surface area (TPSA) is 46.9 Å². The van der Waals surface area contributed by atoms with Gasteiger partial charge in [0.2, 0.25) is 5.95 Å². The Labute approximate surface area is 154 Å². The summed E-state index contributed by atoms with van der Waals surface area (Å²) in [6.07, 6.45) is -8.48. The van der Waals surface area contributed by atoms with Crippen molar-refractivity contribution in [3.05, 3.63) is 50.9 Å². The van der Waals surface area contributed by atoms with Gasteiger partial charge in [-0.05, 0) is 24.6 Å². The van der Waals surface area contributed by atoms with E-state index in [9.17, 15) is 31.1 Å². The lowest BCUT2D eigenvalue weighted by atomic mass is 10.2. The van der Waals surface area contributed by atoms with E-state index >= 15 is 0 Å². The summed E-state index contributed by atoms with van der Waals surface area (Å²) in [5.41, 5.74) is -3.75. The molecule has 0 amide bonds. The smallest absolute Gasteiger partial charge is 0.325 e. The van der Waals surface area contributed by atoms with Crippen molar-refractivity contribution in [1.82, 2.24) is 9.55 Å². The van der Waals surface area contributed by atoms with Crippen LogP contribution in [0.25, 0.3) is 0 Å². The van der Waals surface area contributed by atoms with Crippen molar-refractivity contribution in [2.24, 2.45) is 0 Å². The third-order valence-electron chi connectivity index (χ3n) is 3.52. The number of alkyl halides is 6. The van der Waals surface area contributed by atoms with E-state index in [-0.39, 0.29) is 17.3 Å². The highest BCUT2D eigenvalue weighted by Crippen LogP contribution is 2.34. The molecule has 4 nitrogen and oxygen atoms in total. The van der Waals surface area contributed by atoms with E-state index in [0.717, 1.165) is 10.6 Å². The van der Waals surface area contributed by atoms with Crippen LogP contribution in [0.5, 0.6) is 0 Å². The Morgan fingerprint density at radius 2 is 1.74 bits per heavy atom. The fourth-order valence-electron chi connectivity index (χ4n) is 2.23. The molecule has 2 aromatic rings. The normalized spacial score (nSPS) is 12.3. The second kappa shape index (κ2) is 7.79. The second-order valence-corrected chi connectivity index (χ2v) is 6.09. The summed E-state index contributed by atoms with van der Waals surface area (Å²) in [5.74, 6) is -0.515. The van der Waals surface area contributed by atoms with Crippen molar-refractivity contribution >= 4 is 23.2 Å². The van der Waals surface area contributed by atoms with Crippen LogP contribution in [0, 0.1) is 0 Å². The molecular weight excluding hydrogens is 400 g/mol. The molecule has 0 atom stereocenters. The van der Waals surface area contributed by atoms with E-state index < -0.39 is 35.1 Å². The second-order valence-electron chi connectivity index (χ2n) is 5.66. The van der Waals surface area contributed by atoms with Crippen molar-refractivity contribution < 1.29 is 26.3 Å². The maximum Gasteiger partial charge on any atom is 0.433 e. The molecule has 11 heteroatoms. The molecule has 0 aliphatic rings. The van der Waals surface area contributed by atoms with Crippen LogP contribution in [-0.4, -0.2) is 9.55 Å². The third kappa shape index (κ3) is 5.38. The zero-order valence-corrected chi connectivity index (χ0v) is 14.6. The van der Waals surface area contributed by atoms with Crippen molar-refractivity contribution in [3.63, 3.8) is 0 Å². The van der Waals surface area contributed by atoms with Gasteiger partial charge in [0.1, 0.15) is 0 Å². The minimum Gasteiger partial charge on any atom is -0.325 e. The highest BCUT2D eigenvalue weighted by molar-refractivity contribution is 6.31. The molecule has 0 saturated heterocycles. The van der Waals surface area contributed by atoms with Gasteiger partial charge < -0.3 is 5.32 Å². The maximum atomic E-state index is 12.9. The lowest BCUT2D eigenvalue weighted by molar-refractivity contribution is -0.141. The first-order valence-electron chi connectivity index (χ1n) is 7.75. The predicted molar refractivity (Wildman–Crippen MR) is 88.1 cm³/mol. The summed E-state index contributed by atoms with van der Waals surface area (Å²) in [4.78, 5) is 15.5. The van der Waals surface area contributed by atoms with Crippen LogP contribution >= 0.6 is 11.6 Å². The summed E-state index contributed by atoms with van der Waals surface area (Å²) in [6.45, 7) is 1.86. The minimum absolute atomic E-state index is 0.0511. The van der Waals surface area contributed by atoms with Gasteiger partial charge in [0, 0.05) is 23.3 Å². The quantitative estimate of drug-likeness (QED) is 0.660. The summed E-state index contributed by atoms with van der Waals surface area (Å²) in [5, 5.41) is 2.08. The van der Waals surface area contributed by atoms with E-state index in [1.807, 2.05) is 6.92 Å². The number of benzene rings is 1. The monoisotopic (exact) mass is 413 g/mol. The SMILES string of the molecule is CCCCn1c(Nc2cc(Cl)cc(C(F)(F)F)c2)nc(C(F)(F)F)cc1=O.